The Balaban J connectivity index is 1.58. The summed E-state index contributed by atoms with van der Waals surface area (Å²) in [6, 6.07) is 3.65. The predicted molar refractivity (Wildman–Crippen MR) is 108 cm³/mol. The van der Waals surface area contributed by atoms with Crippen LogP contribution in [0.15, 0.2) is 18.2 Å². The molecule has 2 aliphatic heterocycles. The number of phenols is 2. The smallest absolute Gasteiger partial charge is 0.187 e. The molecule has 2 aliphatic rings. The third-order valence-corrected chi connectivity index (χ3v) is 5.49. The zero-order valence-electron chi connectivity index (χ0n) is 17.9. The second-order valence-corrected chi connectivity index (χ2v) is 7.91. The topological polar surface area (TPSA) is 228 Å². The fraction of sp³-hybridized carbons (Fsp3) is 0.700. The summed E-state index contributed by atoms with van der Waals surface area (Å²) in [7, 11) is 0. The number of benzene rings is 1. The van der Waals surface area contributed by atoms with Crippen molar-refractivity contribution in [2.45, 2.75) is 61.4 Å². The SMILES string of the molecule is OC[C@H]1O[C@@H](O)[C@H](O)[C@@H](O)[C@@H]1O[C@H]1O[C@H](CO)[C@@H](OCCOc2cc(O)cc(O)c2)[C@H](O)[C@H]1O. The van der Waals surface area contributed by atoms with Gasteiger partial charge in [-0.2, -0.15) is 0 Å². The molecule has 0 bridgehead atoms. The number of rotatable bonds is 9. The molecular formula is C20H30O14. The van der Waals surface area contributed by atoms with Crippen molar-refractivity contribution < 1.29 is 69.6 Å². The molecule has 1 aromatic carbocycles. The van der Waals surface area contributed by atoms with Gasteiger partial charge in [-0.3, -0.25) is 0 Å². The van der Waals surface area contributed by atoms with Gasteiger partial charge in [-0.05, 0) is 0 Å². The molecule has 2 saturated heterocycles. The quantitative estimate of drug-likeness (QED) is 0.150. The van der Waals surface area contributed by atoms with E-state index < -0.39 is 74.6 Å². The van der Waals surface area contributed by atoms with Crippen LogP contribution in [0.1, 0.15) is 0 Å². The molecule has 3 rings (SSSR count). The number of hydrogen-bond donors (Lipinski definition) is 9. The van der Waals surface area contributed by atoms with Crippen LogP contribution in [0.4, 0.5) is 0 Å². The van der Waals surface area contributed by atoms with Crippen LogP contribution in [0.5, 0.6) is 17.2 Å². The lowest BCUT2D eigenvalue weighted by molar-refractivity contribution is -0.357. The first-order valence-electron chi connectivity index (χ1n) is 10.5. The van der Waals surface area contributed by atoms with Gasteiger partial charge in [0.15, 0.2) is 12.6 Å². The maximum atomic E-state index is 10.5. The largest absolute Gasteiger partial charge is 0.508 e. The molecule has 0 aliphatic carbocycles. The molecule has 1 aromatic rings. The van der Waals surface area contributed by atoms with Crippen molar-refractivity contribution in [2.24, 2.45) is 0 Å². The Kier molecular flexibility index (Phi) is 9.25. The van der Waals surface area contributed by atoms with E-state index in [1.807, 2.05) is 0 Å². The summed E-state index contributed by atoms with van der Waals surface area (Å²) < 4.78 is 26.7. The number of hydrogen-bond acceptors (Lipinski definition) is 14. The van der Waals surface area contributed by atoms with Crippen molar-refractivity contribution in [3.8, 4) is 17.2 Å². The lowest BCUT2D eigenvalue weighted by Gasteiger charge is -2.46. The van der Waals surface area contributed by atoms with Crippen LogP contribution >= 0.6 is 0 Å². The molecule has 14 heteroatoms. The van der Waals surface area contributed by atoms with Crippen LogP contribution < -0.4 is 4.74 Å². The van der Waals surface area contributed by atoms with Crippen molar-refractivity contribution in [3.05, 3.63) is 18.2 Å². The Morgan fingerprint density at radius 1 is 0.706 bits per heavy atom. The molecule has 14 nitrogen and oxygen atoms in total. The van der Waals surface area contributed by atoms with Gasteiger partial charge in [0, 0.05) is 18.2 Å². The molecular weight excluding hydrogens is 464 g/mol. The molecule has 34 heavy (non-hydrogen) atoms. The number of aromatic hydroxyl groups is 2. The van der Waals surface area contributed by atoms with Crippen LogP contribution in [-0.4, -0.2) is 134 Å². The van der Waals surface area contributed by atoms with E-state index in [1.165, 1.54) is 12.1 Å². The van der Waals surface area contributed by atoms with E-state index in [1.54, 1.807) is 0 Å². The van der Waals surface area contributed by atoms with E-state index >= 15 is 0 Å². The average Bonchev–Trinajstić information content (AvgIpc) is 2.79. The van der Waals surface area contributed by atoms with E-state index in [4.69, 9.17) is 23.7 Å². The molecule has 0 spiro atoms. The van der Waals surface area contributed by atoms with E-state index in [-0.39, 0.29) is 30.5 Å². The van der Waals surface area contributed by atoms with E-state index in [2.05, 4.69) is 0 Å². The van der Waals surface area contributed by atoms with Gasteiger partial charge >= 0.3 is 0 Å². The van der Waals surface area contributed by atoms with Gasteiger partial charge in [-0.25, -0.2) is 0 Å². The lowest BCUT2D eigenvalue weighted by Crippen LogP contribution is -2.64. The standard InChI is InChI=1S/C20H30O14/c21-6-11-17(31-2-1-30-10-4-8(23)3-9(24)5-10)14(26)16(28)20(33-11)34-18-12(7-22)32-19(29)15(27)13(18)25/h3-5,11-29H,1-2,6-7H2/t11-,12-,13-,14-,15-,16-,17-,18-,19-,20-/m1/s1. The molecule has 0 radical (unpaired) electrons. The summed E-state index contributed by atoms with van der Waals surface area (Å²) in [4.78, 5) is 0. The van der Waals surface area contributed by atoms with Gasteiger partial charge in [0.25, 0.3) is 0 Å². The van der Waals surface area contributed by atoms with Gasteiger partial charge < -0.3 is 69.6 Å². The van der Waals surface area contributed by atoms with Crippen LogP contribution in [-0.2, 0) is 18.9 Å². The Morgan fingerprint density at radius 2 is 1.29 bits per heavy atom. The normalized spacial score (nSPS) is 38.6. The highest BCUT2D eigenvalue weighted by Crippen LogP contribution is 2.30. The van der Waals surface area contributed by atoms with E-state index in [0.717, 1.165) is 6.07 Å². The maximum absolute atomic E-state index is 10.5. The fourth-order valence-electron chi connectivity index (χ4n) is 3.76. The predicted octanol–water partition coefficient (Wildman–Crippen LogP) is -3.88. The molecule has 0 unspecified atom stereocenters. The first-order valence-corrected chi connectivity index (χ1v) is 10.5. The van der Waals surface area contributed by atoms with Crippen LogP contribution in [0, 0.1) is 0 Å². The highest BCUT2D eigenvalue weighted by molar-refractivity contribution is 5.40. The fourth-order valence-corrected chi connectivity index (χ4v) is 3.76. The van der Waals surface area contributed by atoms with Crippen molar-refractivity contribution >= 4 is 0 Å². The van der Waals surface area contributed by atoms with Crippen molar-refractivity contribution in [1.82, 2.24) is 0 Å². The Morgan fingerprint density at radius 3 is 1.91 bits per heavy atom. The summed E-state index contributed by atoms with van der Waals surface area (Å²) in [5.74, 6) is -0.256. The Hall–Kier alpha value is -1.82. The third kappa shape index (κ3) is 6.05. The molecule has 0 saturated carbocycles. The second-order valence-electron chi connectivity index (χ2n) is 7.91. The third-order valence-electron chi connectivity index (χ3n) is 5.49. The van der Waals surface area contributed by atoms with E-state index in [0.29, 0.717) is 0 Å². The number of aliphatic hydroxyl groups is 7. The van der Waals surface area contributed by atoms with Crippen molar-refractivity contribution in [1.29, 1.82) is 0 Å². The summed E-state index contributed by atoms with van der Waals surface area (Å²) in [5.41, 5.74) is 0. The first kappa shape index (κ1) is 26.8. The molecule has 0 amide bonds. The van der Waals surface area contributed by atoms with Crippen molar-refractivity contribution in [3.63, 3.8) is 0 Å². The van der Waals surface area contributed by atoms with Gasteiger partial charge in [0.1, 0.15) is 72.7 Å². The lowest BCUT2D eigenvalue weighted by atomic mass is 9.97. The molecule has 194 valence electrons. The summed E-state index contributed by atoms with van der Waals surface area (Å²) in [6.07, 6.45) is -15.3. The zero-order chi connectivity index (χ0) is 25.0. The molecule has 2 fully saturated rings. The highest BCUT2D eigenvalue weighted by Gasteiger charge is 2.50. The van der Waals surface area contributed by atoms with Gasteiger partial charge in [-0.1, -0.05) is 0 Å². The minimum Gasteiger partial charge on any atom is -0.508 e. The molecule has 9 N–H and O–H groups in total. The van der Waals surface area contributed by atoms with Crippen LogP contribution in [0.2, 0.25) is 0 Å². The summed E-state index contributed by atoms with van der Waals surface area (Å²) >= 11 is 0. The number of ether oxygens (including phenoxy) is 5. The summed E-state index contributed by atoms with van der Waals surface area (Å²) in [5, 5.41) is 88.6. The van der Waals surface area contributed by atoms with Gasteiger partial charge in [0.05, 0.1) is 19.8 Å². The minimum atomic E-state index is -1.77. The molecule has 2 heterocycles. The monoisotopic (exact) mass is 494 g/mol. The maximum Gasteiger partial charge on any atom is 0.187 e. The summed E-state index contributed by atoms with van der Waals surface area (Å²) in [6.45, 7) is -1.57. The van der Waals surface area contributed by atoms with Gasteiger partial charge in [-0.15, -0.1) is 0 Å². The number of aliphatic hydroxyl groups excluding tert-OH is 7. The average molecular weight is 494 g/mol. The second kappa shape index (κ2) is 11.7. The molecule has 10 atom stereocenters. The Bertz CT molecular complexity index is 755. The molecule has 0 aromatic heterocycles. The van der Waals surface area contributed by atoms with Crippen LogP contribution in [0.3, 0.4) is 0 Å². The minimum absolute atomic E-state index is 0.0791. The first-order chi connectivity index (χ1) is 16.2. The van der Waals surface area contributed by atoms with Crippen molar-refractivity contribution in [2.75, 3.05) is 26.4 Å². The Labute approximate surface area is 193 Å². The number of phenolic OH excluding ortho intramolecular Hbond substituents is 2. The van der Waals surface area contributed by atoms with E-state index in [9.17, 15) is 46.0 Å². The van der Waals surface area contributed by atoms with Crippen LogP contribution in [0.25, 0.3) is 0 Å². The zero-order valence-corrected chi connectivity index (χ0v) is 17.9. The van der Waals surface area contributed by atoms with Gasteiger partial charge in [0.2, 0.25) is 0 Å². The highest BCUT2D eigenvalue weighted by atomic mass is 16.7.